The van der Waals surface area contributed by atoms with Gasteiger partial charge in [0.2, 0.25) is 5.95 Å². The van der Waals surface area contributed by atoms with Gasteiger partial charge in [-0.1, -0.05) is 6.07 Å². The highest BCUT2D eigenvalue weighted by Gasteiger charge is 2.11. The van der Waals surface area contributed by atoms with Gasteiger partial charge in [-0.05, 0) is 42.8 Å². The fourth-order valence-corrected chi connectivity index (χ4v) is 1.66. The average Bonchev–Trinajstić information content (AvgIpc) is 2.40. The summed E-state index contributed by atoms with van der Waals surface area (Å²) < 4.78 is 12.9. The van der Waals surface area contributed by atoms with E-state index in [4.69, 9.17) is 5.11 Å². The van der Waals surface area contributed by atoms with Crippen molar-refractivity contribution >= 4 is 17.6 Å². The molecule has 0 radical (unpaired) electrons. The van der Waals surface area contributed by atoms with Crippen LogP contribution in [0.15, 0.2) is 36.4 Å². The normalized spacial score (nSPS) is 10.1. The van der Waals surface area contributed by atoms with Crippen LogP contribution in [0.5, 0.6) is 0 Å². The van der Waals surface area contributed by atoms with Gasteiger partial charge in [0.15, 0.2) is 0 Å². The highest BCUT2D eigenvalue weighted by atomic mass is 19.1. The molecule has 1 aromatic heterocycles. The molecule has 0 saturated carbocycles. The van der Waals surface area contributed by atoms with E-state index in [1.54, 1.807) is 6.92 Å². The molecule has 0 aliphatic heterocycles. The van der Waals surface area contributed by atoms with Crippen molar-refractivity contribution in [2.75, 3.05) is 5.32 Å². The Morgan fingerprint density at radius 2 is 2.00 bits per heavy atom. The second-order valence-corrected chi connectivity index (χ2v) is 4.13. The molecule has 1 heterocycles. The molecule has 1 aromatic carbocycles. The molecule has 0 spiro atoms. The Labute approximate surface area is 114 Å². The molecular formula is C14H11FN2O3. The summed E-state index contributed by atoms with van der Waals surface area (Å²) >= 11 is 0. The van der Waals surface area contributed by atoms with E-state index < -0.39 is 17.8 Å². The third-order valence-electron chi connectivity index (χ3n) is 2.67. The van der Waals surface area contributed by atoms with Crippen LogP contribution in [0.1, 0.15) is 26.4 Å². The zero-order valence-corrected chi connectivity index (χ0v) is 10.6. The zero-order valence-electron chi connectivity index (χ0n) is 10.6. The first-order chi connectivity index (χ1) is 9.47. The monoisotopic (exact) mass is 274 g/mol. The maximum Gasteiger partial charge on any atom is 0.335 e. The van der Waals surface area contributed by atoms with Crippen molar-refractivity contribution < 1.29 is 19.1 Å². The lowest BCUT2D eigenvalue weighted by atomic mass is 10.1. The Balaban J connectivity index is 2.22. The SMILES string of the molecule is Cc1cc(C(=O)O)ccc1NC(=O)c1cccc(F)n1. The first kappa shape index (κ1) is 13.7. The van der Waals surface area contributed by atoms with Crippen molar-refractivity contribution in [2.45, 2.75) is 6.92 Å². The predicted molar refractivity (Wildman–Crippen MR) is 70.3 cm³/mol. The van der Waals surface area contributed by atoms with Gasteiger partial charge in [0, 0.05) is 5.69 Å². The number of pyridine rings is 1. The van der Waals surface area contributed by atoms with Crippen LogP contribution in [0, 0.1) is 12.9 Å². The van der Waals surface area contributed by atoms with E-state index in [0.29, 0.717) is 11.3 Å². The van der Waals surface area contributed by atoms with Crippen molar-refractivity contribution in [1.82, 2.24) is 4.98 Å². The van der Waals surface area contributed by atoms with Gasteiger partial charge in [-0.25, -0.2) is 9.78 Å². The van der Waals surface area contributed by atoms with Crippen LogP contribution >= 0.6 is 0 Å². The maximum atomic E-state index is 12.9. The number of carbonyl (C=O) groups excluding carboxylic acids is 1. The Bertz CT molecular complexity index is 686. The summed E-state index contributed by atoms with van der Waals surface area (Å²) in [6.45, 7) is 1.67. The number of nitrogens with zero attached hydrogens (tertiary/aromatic N) is 1. The van der Waals surface area contributed by atoms with Crippen molar-refractivity contribution in [3.8, 4) is 0 Å². The number of rotatable bonds is 3. The fourth-order valence-electron chi connectivity index (χ4n) is 1.66. The van der Waals surface area contributed by atoms with Crippen LogP contribution in [-0.2, 0) is 0 Å². The topological polar surface area (TPSA) is 79.3 Å². The van der Waals surface area contributed by atoms with Crippen LogP contribution in [0.2, 0.25) is 0 Å². The third-order valence-corrected chi connectivity index (χ3v) is 2.67. The van der Waals surface area contributed by atoms with Crippen molar-refractivity contribution in [2.24, 2.45) is 0 Å². The molecule has 0 aliphatic rings. The van der Waals surface area contributed by atoms with Crippen LogP contribution in [0.25, 0.3) is 0 Å². The molecule has 0 aliphatic carbocycles. The Hall–Kier alpha value is -2.76. The van der Waals surface area contributed by atoms with Crippen LogP contribution in [0.4, 0.5) is 10.1 Å². The second kappa shape index (κ2) is 5.48. The summed E-state index contributed by atoms with van der Waals surface area (Å²) in [5, 5.41) is 11.4. The van der Waals surface area contributed by atoms with E-state index in [1.165, 1.54) is 30.3 Å². The standard InChI is InChI=1S/C14H11FN2O3/c1-8-7-9(14(19)20)5-6-10(8)17-13(18)11-3-2-4-12(15)16-11/h2-7H,1H3,(H,17,18)(H,19,20). The minimum atomic E-state index is -1.04. The van der Waals surface area contributed by atoms with Crippen LogP contribution in [0.3, 0.4) is 0 Å². The van der Waals surface area contributed by atoms with Gasteiger partial charge in [0.25, 0.3) is 5.91 Å². The first-order valence-electron chi connectivity index (χ1n) is 5.75. The minimum Gasteiger partial charge on any atom is -0.478 e. The lowest BCUT2D eigenvalue weighted by Gasteiger charge is -2.08. The number of halogens is 1. The van der Waals surface area contributed by atoms with Gasteiger partial charge in [-0.15, -0.1) is 0 Å². The predicted octanol–water partition coefficient (Wildman–Crippen LogP) is 2.48. The molecular weight excluding hydrogens is 263 g/mol. The summed E-state index contributed by atoms with van der Waals surface area (Å²) in [7, 11) is 0. The fraction of sp³-hybridized carbons (Fsp3) is 0.0714. The van der Waals surface area contributed by atoms with Gasteiger partial charge in [-0.2, -0.15) is 4.39 Å². The number of carbonyl (C=O) groups is 2. The number of benzene rings is 1. The van der Waals surface area contributed by atoms with E-state index in [0.717, 1.165) is 6.07 Å². The van der Waals surface area contributed by atoms with Gasteiger partial charge < -0.3 is 10.4 Å². The van der Waals surface area contributed by atoms with E-state index >= 15 is 0 Å². The smallest absolute Gasteiger partial charge is 0.335 e. The summed E-state index contributed by atoms with van der Waals surface area (Å²) in [6.07, 6.45) is 0. The van der Waals surface area contributed by atoms with E-state index in [2.05, 4.69) is 10.3 Å². The molecule has 2 rings (SSSR count). The lowest BCUT2D eigenvalue weighted by molar-refractivity contribution is 0.0696. The lowest BCUT2D eigenvalue weighted by Crippen LogP contribution is -2.15. The Kier molecular flexibility index (Phi) is 3.74. The number of anilines is 1. The summed E-state index contributed by atoms with van der Waals surface area (Å²) in [5.74, 6) is -2.34. The number of hydrogen-bond acceptors (Lipinski definition) is 3. The molecule has 0 bridgehead atoms. The number of carboxylic acid groups (broad SMARTS) is 1. The molecule has 0 saturated heterocycles. The van der Waals surface area contributed by atoms with E-state index in [1.807, 2.05) is 0 Å². The van der Waals surface area contributed by atoms with Gasteiger partial charge >= 0.3 is 5.97 Å². The van der Waals surface area contributed by atoms with Crippen LogP contribution < -0.4 is 5.32 Å². The quantitative estimate of drug-likeness (QED) is 0.843. The number of aryl methyl sites for hydroxylation is 1. The van der Waals surface area contributed by atoms with Crippen molar-refractivity contribution in [3.05, 3.63) is 59.2 Å². The molecule has 102 valence electrons. The molecule has 5 nitrogen and oxygen atoms in total. The molecule has 2 N–H and O–H groups in total. The minimum absolute atomic E-state index is 0.0493. The number of hydrogen-bond donors (Lipinski definition) is 2. The zero-order chi connectivity index (χ0) is 14.7. The third kappa shape index (κ3) is 2.97. The molecule has 20 heavy (non-hydrogen) atoms. The molecule has 0 unspecified atom stereocenters. The summed E-state index contributed by atoms with van der Waals surface area (Å²) in [5.41, 5.74) is 1.12. The molecule has 6 heteroatoms. The molecule has 2 aromatic rings. The second-order valence-electron chi connectivity index (χ2n) is 4.13. The Morgan fingerprint density at radius 3 is 2.60 bits per heavy atom. The Morgan fingerprint density at radius 1 is 1.25 bits per heavy atom. The van der Waals surface area contributed by atoms with E-state index in [-0.39, 0.29) is 11.3 Å². The summed E-state index contributed by atoms with van der Waals surface area (Å²) in [4.78, 5) is 26.2. The van der Waals surface area contributed by atoms with Gasteiger partial charge in [0.05, 0.1) is 5.56 Å². The highest BCUT2D eigenvalue weighted by molar-refractivity contribution is 6.03. The largest absolute Gasteiger partial charge is 0.478 e. The average molecular weight is 274 g/mol. The number of nitrogens with one attached hydrogen (secondary N) is 1. The maximum absolute atomic E-state index is 12.9. The van der Waals surface area contributed by atoms with Gasteiger partial charge in [0.1, 0.15) is 5.69 Å². The first-order valence-corrected chi connectivity index (χ1v) is 5.75. The summed E-state index contributed by atoms with van der Waals surface area (Å²) in [6, 6.07) is 8.22. The molecule has 1 amide bonds. The van der Waals surface area contributed by atoms with Crippen molar-refractivity contribution in [1.29, 1.82) is 0 Å². The van der Waals surface area contributed by atoms with Gasteiger partial charge in [-0.3, -0.25) is 4.79 Å². The van der Waals surface area contributed by atoms with E-state index in [9.17, 15) is 14.0 Å². The highest BCUT2D eigenvalue weighted by Crippen LogP contribution is 2.17. The number of amides is 1. The van der Waals surface area contributed by atoms with Crippen LogP contribution in [-0.4, -0.2) is 22.0 Å². The molecule has 0 fully saturated rings. The van der Waals surface area contributed by atoms with Crippen molar-refractivity contribution in [3.63, 3.8) is 0 Å². The number of aromatic nitrogens is 1. The number of carboxylic acids is 1. The molecule has 0 atom stereocenters. The number of aromatic carboxylic acids is 1.